The van der Waals surface area contributed by atoms with Gasteiger partial charge >= 0.3 is 0 Å². The molecule has 1 atom stereocenters. The van der Waals surface area contributed by atoms with Crippen LogP contribution in [-0.4, -0.2) is 0 Å². The van der Waals surface area contributed by atoms with Gasteiger partial charge in [0.1, 0.15) is 0 Å². The van der Waals surface area contributed by atoms with Gasteiger partial charge in [-0.1, -0.05) is 56.1 Å². The summed E-state index contributed by atoms with van der Waals surface area (Å²) in [5.41, 5.74) is 2.87. The standard InChI is InChI=1S/C12H8Br2/c13-9-5-4-7-2-1-3-8-6-10(14)12(9)11(7)8/h1-5,10H,6H2. The average Bonchev–Trinajstić information content (AvgIpc) is 2.51. The molecule has 0 saturated heterocycles. The summed E-state index contributed by atoms with van der Waals surface area (Å²) in [6, 6.07) is 10.9. The summed E-state index contributed by atoms with van der Waals surface area (Å²) >= 11 is 7.35. The first-order valence-corrected chi connectivity index (χ1v) is 6.32. The number of halogens is 2. The van der Waals surface area contributed by atoms with Crippen LogP contribution in [0.5, 0.6) is 0 Å². The summed E-state index contributed by atoms with van der Waals surface area (Å²) in [4.78, 5) is 0.470. The molecule has 0 radical (unpaired) electrons. The maximum absolute atomic E-state index is 3.73. The van der Waals surface area contributed by atoms with E-state index in [-0.39, 0.29) is 0 Å². The number of hydrogen-bond donors (Lipinski definition) is 0. The summed E-state index contributed by atoms with van der Waals surface area (Å²) in [7, 11) is 0. The molecular formula is C12H8Br2. The lowest BCUT2D eigenvalue weighted by molar-refractivity contribution is 1.01. The van der Waals surface area contributed by atoms with Crippen LogP contribution in [-0.2, 0) is 6.42 Å². The van der Waals surface area contributed by atoms with Gasteiger partial charge in [-0.3, -0.25) is 0 Å². The van der Waals surface area contributed by atoms with Crippen molar-refractivity contribution in [3.05, 3.63) is 45.9 Å². The molecule has 0 aromatic heterocycles. The Bertz CT molecular complexity index is 517. The summed E-state index contributed by atoms with van der Waals surface area (Å²) < 4.78 is 1.22. The molecule has 0 heterocycles. The van der Waals surface area contributed by atoms with Crippen molar-refractivity contribution in [2.75, 3.05) is 0 Å². The van der Waals surface area contributed by atoms with Crippen molar-refractivity contribution < 1.29 is 0 Å². The van der Waals surface area contributed by atoms with Crippen LogP contribution in [0.3, 0.4) is 0 Å². The van der Waals surface area contributed by atoms with Crippen LogP contribution in [0.2, 0.25) is 0 Å². The van der Waals surface area contributed by atoms with Crippen molar-refractivity contribution >= 4 is 42.6 Å². The van der Waals surface area contributed by atoms with Crippen LogP contribution in [0.4, 0.5) is 0 Å². The second kappa shape index (κ2) is 3.07. The van der Waals surface area contributed by atoms with Crippen LogP contribution in [0.1, 0.15) is 16.0 Å². The van der Waals surface area contributed by atoms with Crippen LogP contribution in [0.15, 0.2) is 34.8 Å². The molecular weight excluding hydrogens is 304 g/mol. The molecule has 0 fully saturated rings. The molecule has 0 aliphatic heterocycles. The lowest BCUT2D eigenvalue weighted by atomic mass is 10.1. The molecule has 1 aliphatic rings. The van der Waals surface area contributed by atoms with Gasteiger partial charge in [-0.15, -0.1) is 0 Å². The van der Waals surface area contributed by atoms with Gasteiger partial charge in [-0.25, -0.2) is 0 Å². The highest BCUT2D eigenvalue weighted by molar-refractivity contribution is 9.11. The van der Waals surface area contributed by atoms with E-state index >= 15 is 0 Å². The van der Waals surface area contributed by atoms with Gasteiger partial charge in [-0.2, -0.15) is 0 Å². The predicted molar refractivity (Wildman–Crippen MR) is 67.0 cm³/mol. The van der Waals surface area contributed by atoms with Crippen molar-refractivity contribution in [3.63, 3.8) is 0 Å². The molecule has 2 heteroatoms. The summed E-state index contributed by atoms with van der Waals surface area (Å²) in [6.07, 6.45) is 1.11. The van der Waals surface area contributed by atoms with E-state index in [2.05, 4.69) is 62.2 Å². The smallest absolute Gasteiger partial charge is 0.0453 e. The van der Waals surface area contributed by atoms with Gasteiger partial charge in [0.2, 0.25) is 0 Å². The molecule has 0 N–H and O–H groups in total. The Labute approximate surface area is 99.6 Å². The highest BCUT2D eigenvalue weighted by Crippen LogP contribution is 2.44. The SMILES string of the molecule is Brc1ccc2cccc3c2c1C(Br)C3. The van der Waals surface area contributed by atoms with Crippen molar-refractivity contribution in [2.24, 2.45) is 0 Å². The van der Waals surface area contributed by atoms with E-state index in [0.717, 1.165) is 6.42 Å². The second-order valence-corrected chi connectivity index (χ2v) is 5.61. The maximum atomic E-state index is 3.73. The topological polar surface area (TPSA) is 0 Å². The van der Waals surface area contributed by atoms with Crippen LogP contribution >= 0.6 is 31.9 Å². The lowest BCUT2D eigenvalue weighted by Gasteiger charge is -2.05. The molecule has 70 valence electrons. The molecule has 2 aromatic rings. The van der Waals surface area contributed by atoms with Crippen LogP contribution in [0.25, 0.3) is 10.8 Å². The Morgan fingerprint density at radius 2 is 2.00 bits per heavy atom. The van der Waals surface area contributed by atoms with E-state index in [0.29, 0.717) is 4.83 Å². The summed E-state index contributed by atoms with van der Waals surface area (Å²) in [5.74, 6) is 0. The third kappa shape index (κ3) is 1.10. The van der Waals surface area contributed by atoms with Gasteiger partial charge in [0.25, 0.3) is 0 Å². The minimum absolute atomic E-state index is 0.470. The molecule has 2 aromatic carbocycles. The first-order chi connectivity index (χ1) is 6.77. The third-order valence-electron chi connectivity index (χ3n) is 2.83. The van der Waals surface area contributed by atoms with Crippen LogP contribution < -0.4 is 0 Å². The van der Waals surface area contributed by atoms with E-state index in [1.807, 2.05) is 0 Å². The fourth-order valence-corrected chi connectivity index (χ4v) is 3.97. The van der Waals surface area contributed by atoms with Gasteiger partial charge < -0.3 is 0 Å². The molecule has 1 aliphatic carbocycles. The van der Waals surface area contributed by atoms with Gasteiger partial charge in [0.05, 0.1) is 0 Å². The number of benzene rings is 2. The van der Waals surface area contributed by atoms with Gasteiger partial charge in [0.15, 0.2) is 0 Å². The fourth-order valence-electron chi connectivity index (χ4n) is 2.23. The maximum Gasteiger partial charge on any atom is 0.0453 e. The molecule has 0 nitrogen and oxygen atoms in total. The van der Waals surface area contributed by atoms with E-state index in [1.54, 1.807) is 0 Å². The average molecular weight is 312 g/mol. The number of alkyl halides is 1. The number of hydrogen-bond acceptors (Lipinski definition) is 0. The molecule has 0 saturated carbocycles. The molecule has 0 bridgehead atoms. The highest BCUT2D eigenvalue weighted by Gasteiger charge is 2.23. The second-order valence-electron chi connectivity index (χ2n) is 3.65. The molecule has 0 amide bonds. The predicted octanol–water partition coefficient (Wildman–Crippen LogP) is 4.59. The Balaban J connectivity index is 2.53. The largest absolute Gasteiger partial charge is 0.0834 e. The Morgan fingerprint density at radius 1 is 1.14 bits per heavy atom. The zero-order valence-electron chi connectivity index (χ0n) is 7.43. The first-order valence-electron chi connectivity index (χ1n) is 4.61. The Hall–Kier alpha value is -0.340. The quantitative estimate of drug-likeness (QED) is 0.624. The molecule has 0 spiro atoms. The summed E-state index contributed by atoms with van der Waals surface area (Å²) in [6.45, 7) is 0. The first kappa shape index (κ1) is 8.93. The minimum Gasteiger partial charge on any atom is -0.0834 e. The van der Waals surface area contributed by atoms with E-state index < -0.39 is 0 Å². The fraction of sp³-hybridized carbons (Fsp3) is 0.167. The van der Waals surface area contributed by atoms with E-state index in [1.165, 1.54) is 26.4 Å². The van der Waals surface area contributed by atoms with E-state index in [9.17, 15) is 0 Å². The third-order valence-corrected chi connectivity index (χ3v) is 4.30. The minimum atomic E-state index is 0.470. The van der Waals surface area contributed by atoms with Crippen LogP contribution in [0, 0.1) is 0 Å². The van der Waals surface area contributed by atoms with Gasteiger partial charge in [0, 0.05) is 9.30 Å². The zero-order chi connectivity index (χ0) is 9.71. The monoisotopic (exact) mass is 310 g/mol. The molecule has 14 heavy (non-hydrogen) atoms. The van der Waals surface area contributed by atoms with Crippen molar-refractivity contribution in [1.29, 1.82) is 0 Å². The normalized spacial score (nSPS) is 19.1. The molecule has 1 unspecified atom stereocenters. The zero-order valence-corrected chi connectivity index (χ0v) is 10.6. The lowest BCUT2D eigenvalue weighted by Crippen LogP contribution is -1.85. The van der Waals surface area contributed by atoms with E-state index in [4.69, 9.17) is 0 Å². The number of rotatable bonds is 0. The highest BCUT2D eigenvalue weighted by atomic mass is 79.9. The summed E-state index contributed by atoms with van der Waals surface area (Å²) in [5, 5.41) is 2.78. The Morgan fingerprint density at radius 3 is 2.86 bits per heavy atom. The van der Waals surface area contributed by atoms with Crippen molar-refractivity contribution in [1.82, 2.24) is 0 Å². The van der Waals surface area contributed by atoms with Gasteiger partial charge in [-0.05, 0) is 34.4 Å². The molecule has 3 rings (SSSR count). The Kier molecular flexibility index (Phi) is 1.96. The van der Waals surface area contributed by atoms with Crippen molar-refractivity contribution in [3.8, 4) is 0 Å². The van der Waals surface area contributed by atoms with Crippen molar-refractivity contribution in [2.45, 2.75) is 11.2 Å².